The number of esters is 2. The molecule has 0 fully saturated rings. The molecule has 0 bridgehead atoms. The average molecular weight is 469 g/mol. The second kappa shape index (κ2) is 12.6. The lowest BCUT2D eigenvalue weighted by Crippen LogP contribution is -2.07. The van der Waals surface area contributed by atoms with Crippen molar-refractivity contribution in [3.63, 3.8) is 0 Å². The summed E-state index contributed by atoms with van der Waals surface area (Å²) in [4.78, 5) is 25.5. The summed E-state index contributed by atoms with van der Waals surface area (Å²) in [7, 11) is 0. The van der Waals surface area contributed by atoms with Crippen molar-refractivity contribution < 1.29 is 28.5 Å². The van der Waals surface area contributed by atoms with Crippen LogP contribution in [0.2, 0.25) is 0 Å². The van der Waals surface area contributed by atoms with Crippen LogP contribution in [0, 0.1) is 0 Å². The number of hydrogen-bond donors (Lipinski definition) is 0. The Labute approximate surface area is 198 Å². The predicted molar refractivity (Wildman–Crippen MR) is 128 cm³/mol. The zero-order valence-corrected chi connectivity index (χ0v) is 19.7. The monoisotopic (exact) mass is 468 g/mol. The van der Waals surface area contributed by atoms with Crippen molar-refractivity contribution in [2.75, 3.05) is 13.2 Å². The fourth-order valence-electron chi connectivity index (χ4n) is 2.75. The van der Waals surface area contributed by atoms with Gasteiger partial charge in [-0.15, -0.1) is 11.3 Å². The average Bonchev–Trinajstić information content (AvgIpc) is 3.33. The van der Waals surface area contributed by atoms with E-state index < -0.39 is 11.9 Å². The lowest BCUT2D eigenvalue weighted by Gasteiger charge is -2.07. The highest BCUT2D eigenvalue weighted by Gasteiger charge is 2.17. The molecule has 0 amide bonds. The van der Waals surface area contributed by atoms with Gasteiger partial charge in [-0.1, -0.05) is 26.7 Å². The Morgan fingerprint density at radius 3 is 1.33 bits per heavy atom. The van der Waals surface area contributed by atoms with Crippen LogP contribution in [-0.2, 0) is 0 Å². The molecule has 0 saturated carbocycles. The van der Waals surface area contributed by atoms with Gasteiger partial charge in [-0.3, -0.25) is 0 Å². The summed E-state index contributed by atoms with van der Waals surface area (Å²) in [5, 5.41) is 0. The van der Waals surface area contributed by atoms with E-state index >= 15 is 0 Å². The van der Waals surface area contributed by atoms with E-state index in [4.69, 9.17) is 18.9 Å². The summed E-state index contributed by atoms with van der Waals surface area (Å²) >= 11 is 1.02. The van der Waals surface area contributed by atoms with Crippen LogP contribution in [0.1, 0.15) is 58.9 Å². The predicted octanol–water partition coefficient (Wildman–Crippen LogP) is 6.54. The molecule has 3 aromatic rings. The zero-order chi connectivity index (χ0) is 23.5. The number of carbonyl (C=O) groups excluding carboxylic acids is 2. The summed E-state index contributed by atoms with van der Waals surface area (Å²) in [6.45, 7) is 5.51. The minimum atomic E-state index is -0.535. The summed E-state index contributed by atoms with van der Waals surface area (Å²) in [5.74, 6) is 1.19. The van der Waals surface area contributed by atoms with Crippen molar-refractivity contribution in [3.05, 3.63) is 70.4 Å². The number of hydrogen-bond acceptors (Lipinski definition) is 7. The molecule has 1 heterocycles. The lowest BCUT2D eigenvalue weighted by molar-refractivity contribution is 0.0732. The molecule has 0 unspecified atom stereocenters. The van der Waals surface area contributed by atoms with Crippen LogP contribution in [0.25, 0.3) is 0 Å². The first-order valence-corrected chi connectivity index (χ1v) is 11.9. The van der Waals surface area contributed by atoms with Gasteiger partial charge in [0.15, 0.2) is 0 Å². The number of carbonyl (C=O) groups is 2. The lowest BCUT2D eigenvalue weighted by atomic mass is 10.3. The third kappa shape index (κ3) is 7.64. The quantitative estimate of drug-likeness (QED) is 0.171. The molecule has 3 rings (SSSR count). The fourth-order valence-corrected chi connectivity index (χ4v) is 3.51. The van der Waals surface area contributed by atoms with Gasteiger partial charge in [0, 0.05) is 0 Å². The third-order valence-electron chi connectivity index (χ3n) is 4.61. The van der Waals surface area contributed by atoms with Gasteiger partial charge in [0.25, 0.3) is 0 Å². The second-order valence-electron chi connectivity index (χ2n) is 7.29. The zero-order valence-electron chi connectivity index (χ0n) is 18.9. The van der Waals surface area contributed by atoms with Gasteiger partial charge < -0.3 is 18.9 Å². The van der Waals surface area contributed by atoms with Crippen LogP contribution < -0.4 is 18.9 Å². The molecule has 6 nitrogen and oxygen atoms in total. The normalized spacial score (nSPS) is 10.5. The number of benzene rings is 2. The molecule has 33 heavy (non-hydrogen) atoms. The molecule has 0 aliphatic rings. The summed E-state index contributed by atoms with van der Waals surface area (Å²) in [6.07, 6.45) is 4.09. The molecule has 0 atom stereocenters. The highest BCUT2D eigenvalue weighted by Crippen LogP contribution is 2.24. The molecule has 0 spiro atoms. The van der Waals surface area contributed by atoms with Crippen molar-refractivity contribution in [1.82, 2.24) is 0 Å². The van der Waals surface area contributed by atoms with Gasteiger partial charge in [0.1, 0.15) is 32.8 Å². The Morgan fingerprint density at radius 1 is 0.606 bits per heavy atom. The van der Waals surface area contributed by atoms with Gasteiger partial charge in [-0.2, -0.15) is 0 Å². The Balaban J connectivity index is 1.52. The van der Waals surface area contributed by atoms with Crippen LogP contribution in [0.15, 0.2) is 60.7 Å². The third-order valence-corrected chi connectivity index (χ3v) is 5.66. The maximum Gasteiger partial charge on any atom is 0.353 e. The molecule has 1 aromatic heterocycles. The Kier molecular flexibility index (Phi) is 9.32. The van der Waals surface area contributed by atoms with E-state index in [2.05, 4.69) is 13.8 Å². The molecule has 0 saturated heterocycles. The number of rotatable bonds is 12. The molecule has 174 valence electrons. The summed E-state index contributed by atoms with van der Waals surface area (Å²) in [6, 6.07) is 16.9. The molecule has 2 aromatic carbocycles. The van der Waals surface area contributed by atoms with Gasteiger partial charge >= 0.3 is 11.9 Å². The minimum Gasteiger partial charge on any atom is -0.494 e. The highest BCUT2D eigenvalue weighted by atomic mass is 32.1. The maximum atomic E-state index is 12.4. The Hall–Kier alpha value is -3.32. The number of ether oxygens (including phenoxy) is 4. The standard InChI is InChI=1S/C26H28O6S/c1-3-5-17-29-19-7-11-21(12-8-19)31-25(27)23-15-16-24(33-23)26(28)32-22-13-9-20(10-14-22)30-18-6-4-2/h7-16H,3-6,17-18H2,1-2H3. The largest absolute Gasteiger partial charge is 0.494 e. The first kappa shape index (κ1) is 24.3. The van der Waals surface area contributed by atoms with E-state index in [-0.39, 0.29) is 0 Å². The van der Waals surface area contributed by atoms with Crippen LogP contribution in [0.5, 0.6) is 23.0 Å². The topological polar surface area (TPSA) is 71.1 Å². The van der Waals surface area contributed by atoms with E-state index in [0.717, 1.165) is 48.5 Å². The second-order valence-corrected chi connectivity index (χ2v) is 8.37. The van der Waals surface area contributed by atoms with Gasteiger partial charge in [0.05, 0.1) is 13.2 Å². The first-order chi connectivity index (χ1) is 16.1. The number of thiophene rings is 1. The SMILES string of the molecule is CCCCOc1ccc(OC(=O)c2ccc(C(=O)Oc3ccc(OCCCC)cc3)s2)cc1. The van der Waals surface area contributed by atoms with E-state index in [9.17, 15) is 9.59 Å². The van der Waals surface area contributed by atoms with Crippen molar-refractivity contribution in [2.45, 2.75) is 39.5 Å². The first-order valence-electron chi connectivity index (χ1n) is 11.1. The Bertz CT molecular complexity index is 942. The van der Waals surface area contributed by atoms with Gasteiger partial charge in [0.2, 0.25) is 0 Å². The van der Waals surface area contributed by atoms with E-state index in [1.807, 2.05) is 0 Å². The van der Waals surface area contributed by atoms with Crippen molar-refractivity contribution >= 4 is 23.3 Å². The molecule has 0 radical (unpaired) electrons. The van der Waals surface area contributed by atoms with Gasteiger partial charge in [-0.05, 0) is 73.5 Å². The van der Waals surface area contributed by atoms with Crippen molar-refractivity contribution in [1.29, 1.82) is 0 Å². The van der Waals surface area contributed by atoms with Crippen LogP contribution in [-0.4, -0.2) is 25.2 Å². The molecular weight excluding hydrogens is 440 g/mol. The van der Waals surface area contributed by atoms with E-state index in [1.165, 1.54) is 0 Å². The fraction of sp³-hybridized carbons (Fsp3) is 0.308. The van der Waals surface area contributed by atoms with Crippen molar-refractivity contribution in [2.24, 2.45) is 0 Å². The number of unbranched alkanes of at least 4 members (excludes halogenated alkanes) is 2. The Morgan fingerprint density at radius 2 is 0.970 bits per heavy atom. The van der Waals surface area contributed by atoms with E-state index in [1.54, 1.807) is 60.7 Å². The molecule has 0 aliphatic heterocycles. The van der Waals surface area contributed by atoms with Crippen LogP contribution in [0.4, 0.5) is 0 Å². The van der Waals surface area contributed by atoms with E-state index in [0.29, 0.717) is 34.5 Å². The molecule has 7 heteroatoms. The summed E-state index contributed by atoms with van der Waals surface area (Å²) < 4.78 is 22.0. The molecular formula is C26H28O6S. The molecule has 0 N–H and O–H groups in total. The summed E-state index contributed by atoms with van der Waals surface area (Å²) in [5.41, 5.74) is 0. The minimum absolute atomic E-state index is 0.310. The molecule has 0 aliphatic carbocycles. The maximum absolute atomic E-state index is 12.4. The van der Waals surface area contributed by atoms with Gasteiger partial charge in [-0.25, -0.2) is 9.59 Å². The van der Waals surface area contributed by atoms with Crippen LogP contribution in [0.3, 0.4) is 0 Å². The van der Waals surface area contributed by atoms with Crippen LogP contribution >= 0.6 is 11.3 Å². The highest BCUT2D eigenvalue weighted by molar-refractivity contribution is 7.15. The smallest absolute Gasteiger partial charge is 0.353 e. The van der Waals surface area contributed by atoms with Crippen molar-refractivity contribution in [3.8, 4) is 23.0 Å².